The van der Waals surface area contributed by atoms with Crippen LogP contribution >= 0.6 is 11.6 Å². The van der Waals surface area contributed by atoms with Crippen LogP contribution in [0.2, 0.25) is 5.02 Å². The fourth-order valence-electron chi connectivity index (χ4n) is 5.02. The van der Waals surface area contributed by atoms with Gasteiger partial charge in [-0.1, -0.05) is 54.1 Å². The van der Waals surface area contributed by atoms with Crippen molar-refractivity contribution in [3.8, 4) is 6.07 Å². The van der Waals surface area contributed by atoms with E-state index in [1.54, 1.807) is 24.3 Å². The topological polar surface area (TPSA) is 101 Å². The van der Waals surface area contributed by atoms with Crippen LogP contribution in [0.1, 0.15) is 16.7 Å². The maximum absolute atomic E-state index is 14.0. The Balaban J connectivity index is 1.42. The predicted molar refractivity (Wildman–Crippen MR) is 165 cm³/mol. The fraction of sp³-hybridized carbons (Fsp3) is 0.0645. The molecule has 3 heterocycles. The first-order valence-electron chi connectivity index (χ1n) is 13.4. The van der Waals surface area contributed by atoms with Gasteiger partial charge in [0.25, 0.3) is 0 Å². The van der Waals surface area contributed by atoms with E-state index in [1.807, 2.05) is 49.4 Å². The van der Waals surface area contributed by atoms with Gasteiger partial charge < -0.3 is 16.1 Å². The zero-order valence-electron chi connectivity index (χ0n) is 23.2. The molecule has 0 spiro atoms. The molecule has 1 atom stereocenters. The van der Waals surface area contributed by atoms with Crippen molar-refractivity contribution in [1.29, 1.82) is 5.26 Å². The number of hydrogen-bond acceptors (Lipinski definition) is 8. The molecule has 1 unspecified atom stereocenters. The minimum atomic E-state index is -1.24. The van der Waals surface area contributed by atoms with E-state index in [0.29, 0.717) is 23.1 Å². The van der Waals surface area contributed by atoms with Gasteiger partial charge in [-0.25, -0.2) is 13.8 Å². The van der Waals surface area contributed by atoms with Gasteiger partial charge in [0.1, 0.15) is 19.7 Å². The largest absolute Gasteiger partial charge is 0.378 e. The number of aromatic nitrogens is 2. The van der Waals surface area contributed by atoms with Gasteiger partial charge in [-0.2, -0.15) is 9.65 Å². The van der Waals surface area contributed by atoms with Gasteiger partial charge in [0.05, 0.1) is 51.4 Å². The average molecular weight is 611 g/mol. The lowest BCUT2D eigenvalue weighted by molar-refractivity contribution is 0.262. The second-order valence-electron chi connectivity index (χ2n) is 10.3. The normalized spacial score (nSPS) is 14.0. The summed E-state index contributed by atoms with van der Waals surface area (Å²) in [5, 5.41) is 19.0. The van der Waals surface area contributed by atoms with Gasteiger partial charge in [-0.05, 0) is 35.4 Å². The average Bonchev–Trinajstić information content (AvgIpc) is 3.49. The molecule has 2 aromatic heterocycles. The quantitative estimate of drug-likeness (QED) is 0.134. The molecule has 3 aromatic carbocycles. The summed E-state index contributed by atoms with van der Waals surface area (Å²) in [4.78, 5) is 7.78. The Morgan fingerprint density at radius 2 is 1.75 bits per heavy atom. The van der Waals surface area contributed by atoms with Crippen molar-refractivity contribution in [3.63, 3.8) is 0 Å². The molecule has 44 heavy (non-hydrogen) atoms. The highest BCUT2D eigenvalue weighted by molar-refractivity contribution is 6.36. The van der Waals surface area contributed by atoms with Crippen LogP contribution in [0, 0.1) is 28.9 Å². The van der Waals surface area contributed by atoms with Crippen molar-refractivity contribution in [1.82, 2.24) is 25.9 Å². The Kier molecular flexibility index (Phi) is 7.74. The number of halogens is 4. The molecule has 0 amide bonds. The van der Waals surface area contributed by atoms with Crippen LogP contribution in [0.15, 0.2) is 97.1 Å². The number of benzene rings is 3. The zero-order chi connectivity index (χ0) is 30.8. The number of nitrogens with one attached hydrogen (secondary N) is 4. The number of fused-ring (bicyclic) bond motifs is 1. The molecule has 1 aliphatic heterocycles. The van der Waals surface area contributed by atoms with E-state index >= 15 is 0 Å². The Hall–Kier alpha value is -5.25. The van der Waals surface area contributed by atoms with E-state index in [4.69, 9.17) is 11.6 Å². The summed E-state index contributed by atoms with van der Waals surface area (Å²) in [6.07, 6.45) is 4.39. The minimum absolute atomic E-state index is 0.128. The Bertz CT molecular complexity index is 1940. The van der Waals surface area contributed by atoms with Crippen LogP contribution in [0.25, 0.3) is 10.9 Å². The highest BCUT2D eigenvalue weighted by Gasteiger charge is 2.35. The molecule has 1 aliphatic rings. The summed E-state index contributed by atoms with van der Waals surface area (Å²) >= 11 is 6.71. The summed E-state index contributed by atoms with van der Waals surface area (Å²) in [6, 6.07) is 22.5. The lowest BCUT2D eigenvalue weighted by Gasteiger charge is -2.34. The van der Waals surface area contributed by atoms with Gasteiger partial charge >= 0.3 is 0 Å². The monoisotopic (exact) mass is 610 g/mol. The van der Waals surface area contributed by atoms with E-state index in [-0.39, 0.29) is 27.8 Å². The molecular formula is C31H23BClF3N8. The smallest absolute Gasteiger partial charge is 0.249 e. The van der Waals surface area contributed by atoms with Gasteiger partial charge in [-0.15, -0.1) is 5.53 Å². The molecule has 13 heteroatoms. The number of rotatable bonds is 8. The number of nitriles is 1. The van der Waals surface area contributed by atoms with Gasteiger partial charge in [0.2, 0.25) is 5.95 Å². The van der Waals surface area contributed by atoms with Crippen LogP contribution in [-0.2, 0) is 12.0 Å². The van der Waals surface area contributed by atoms with Crippen LogP contribution in [-0.4, -0.2) is 22.8 Å². The Morgan fingerprint density at radius 1 is 0.977 bits per heavy atom. The molecule has 8 nitrogen and oxygen atoms in total. The van der Waals surface area contributed by atoms with Crippen LogP contribution in [0.3, 0.4) is 0 Å². The summed E-state index contributed by atoms with van der Waals surface area (Å²) < 4.78 is 41.4. The molecule has 6 rings (SSSR count). The molecule has 0 saturated heterocycles. The molecule has 0 radical (unpaired) electrons. The first-order chi connectivity index (χ1) is 21.2. The summed E-state index contributed by atoms with van der Waals surface area (Å²) in [7, 11) is 1.93. The number of hydrazine groups is 2. The lowest BCUT2D eigenvalue weighted by Crippen LogP contribution is -2.45. The first-order valence-corrected chi connectivity index (χ1v) is 13.8. The first kappa shape index (κ1) is 28.9. The van der Waals surface area contributed by atoms with E-state index in [0.717, 1.165) is 29.1 Å². The molecule has 0 aliphatic carbocycles. The zero-order valence-corrected chi connectivity index (χ0v) is 23.9. The lowest BCUT2D eigenvalue weighted by atomic mass is 9.69. The Morgan fingerprint density at radius 3 is 2.48 bits per heavy atom. The molecule has 4 N–H and O–H groups in total. The predicted octanol–water partition coefficient (Wildman–Crippen LogP) is 5.58. The number of pyridine rings is 2. The van der Waals surface area contributed by atoms with E-state index in [2.05, 4.69) is 37.6 Å². The minimum Gasteiger partial charge on any atom is -0.378 e. The second-order valence-corrected chi connectivity index (χ2v) is 10.7. The number of hydrogen-bond donors (Lipinski definition) is 4. The van der Waals surface area contributed by atoms with E-state index < -0.39 is 17.2 Å². The molecule has 0 saturated carbocycles. The van der Waals surface area contributed by atoms with Crippen molar-refractivity contribution >= 4 is 47.4 Å². The molecular weight excluding hydrogens is 588 g/mol. The van der Waals surface area contributed by atoms with Crippen molar-refractivity contribution in [2.45, 2.75) is 12.0 Å². The highest BCUT2D eigenvalue weighted by Crippen LogP contribution is 2.38. The summed E-state index contributed by atoms with van der Waals surface area (Å²) in [5.74, 6) is -2.76. The Labute approximate surface area is 256 Å². The number of nitrogens with zero attached hydrogens (tertiary/aromatic N) is 4. The fourth-order valence-corrected chi connectivity index (χ4v) is 5.29. The van der Waals surface area contributed by atoms with Crippen LogP contribution in [0.5, 0.6) is 0 Å². The van der Waals surface area contributed by atoms with Crippen LogP contribution < -0.4 is 21.6 Å². The standard InChI is InChI=1S/C31H23BClF3N8/c32-31(20-6-8-21(34)9-7-20,27-17-44(43-42-27)16-18-4-2-1-3-5-18)41-22-10-24-28(40-23-12-26(35)30(36)39-15-23)19(13-37)14-38-29(24)25(33)11-22/h1-12,14-15,17,41-43H,16,32H2,(H,38,40). The third-order valence-corrected chi connectivity index (χ3v) is 7.57. The molecule has 5 aromatic rings. The van der Waals surface area contributed by atoms with Gasteiger partial charge in [0, 0.05) is 29.5 Å². The van der Waals surface area contributed by atoms with Crippen molar-refractivity contribution < 1.29 is 13.2 Å². The third-order valence-electron chi connectivity index (χ3n) is 7.28. The third kappa shape index (κ3) is 5.70. The van der Waals surface area contributed by atoms with Crippen LogP contribution in [0.4, 0.5) is 30.2 Å². The maximum Gasteiger partial charge on any atom is 0.249 e. The molecule has 0 bridgehead atoms. The van der Waals surface area contributed by atoms with Gasteiger partial charge in [-0.3, -0.25) is 9.99 Å². The van der Waals surface area contributed by atoms with E-state index in [9.17, 15) is 18.4 Å². The van der Waals surface area contributed by atoms with Crippen molar-refractivity contribution in [2.24, 2.45) is 0 Å². The van der Waals surface area contributed by atoms with E-state index in [1.165, 1.54) is 18.3 Å². The summed E-state index contributed by atoms with van der Waals surface area (Å²) in [6.45, 7) is 0.578. The SMILES string of the molecule is BC(Nc1cc(Cl)c2ncc(C#N)c(Nc3cnc(F)c(F)c3)c2c1)(C1=CN(Cc2ccccc2)NN1)c1ccc(F)cc1. The maximum atomic E-state index is 14.0. The highest BCUT2D eigenvalue weighted by atomic mass is 35.5. The summed E-state index contributed by atoms with van der Waals surface area (Å²) in [5.41, 5.74) is 9.50. The molecule has 218 valence electrons. The van der Waals surface area contributed by atoms with Crippen molar-refractivity contribution in [2.75, 3.05) is 10.6 Å². The van der Waals surface area contributed by atoms with Crippen molar-refractivity contribution in [3.05, 3.63) is 136 Å². The number of anilines is 3. The second kappa shape index (κ2) is 11.8. The van der Waals surface area contributed by atoms with Gasteiger partial charge in [0.15, 0.2) is 5.82 Å². The molecule has 0 fully saturated rings.